The summed E-state index contributed by atoms with van der Waals surface area (Å²) in [6, 6.07) is 5.80. The van der Waals surface area contributed by atoms with E-state index < -0.39 is 53.1 Å². The Bertz CT molecular complexity index is 1060. The standard InChI is InChI=1S/C28H41N5O5/c1-16(2)21(17(3)19-12-9-8-10-13-19)31-27(38)32-23(28(5,6)7)26(37)33-15-11-14-20(33)25(36)30-18(4)22(34)24(29)35/h8-10,12-13,16,18,20-21,23H,3,11,14-15H2,1-2,4-7H3,(H2,29,35)(H,30,36)(H2,31,32,38)/t18?,20-,21?,23?/m0/s1. The van der Waals surface area contributed by atoms with Gasteiger partial charge < -0.3 is 26.6 Å². The van der Waals surface area contributed by atoms with E-state index in [1.165, 1.54) is 11.8 Å². The number of ketones is 1. The van der Waals surface area contributed by atoms with Crippen LogP contribution in [-0.2, 0) is 19.2 Å². The van der Waals surface area contributed by atoms with Crippen molar-refractivity contribution in [1.29, 1.82) is 0 Å². The molecule has 208 valence electrons. The minimum atomic E-state index is -1.14. The van der Waals surface area contributed by atoms with E-state index in [2.05, 4.69) is 22.5 Å². The highest BCUT2D eigenvalue weighted by atomic mass is 16.2. The molecule has 4 atom stereocenters. The molecule has 5 amide bonds. The molecule has 1 aromatic carbocycles. The van der Waals surface area contributed by atoms with Crippen LogP contribution in [-0.4, -0.2) is 65.1 Å². The minimum Gasteiger partial charge on any atom is -0.363 e. The summed E-state index contributed by atoms with van der Waals surface area (Å²) in [5, 5.41) is 8.27. The zero-order valence-corrected chi connectivity index (χ0v) is 23.2. The summed E-state index contributed by atoms with van der Waals surface area (Å²) in [6.45, 7) is 15.3. The Morgan fingerprint density at radius 2 is 1.61 bits per heavy atom. The van der Waals surface area contributed by atoms with Crippen LogP contribution in [0.5, 0.6) is 0 Å². The van der Waals surface area contributed by atoms with Gasteiger partial charge in [0.2, 0.25) is 17.6 Å². The van der Waals surface area contributed by atoms with E-state index in [1.54, 1.807) is 0 Å². The lowest BCUT2D eigenvalue weighted by Crippen LogP contribution is -2.60. The van der Waals surface area contributed by atoms with E-state index in [-0.39, 0.29) is 12.0 Å². The van der Waals surface area contributed by atoms with Crippen molar-refractivity contribution in [3.8, 4) is 0 Å². The number of nitrogens with zero attached hydrogens (tertiary/aromatic N) is 1. The topological polar surface area (TPSA) is 151 Å². The maximum atomic E-state index is 13.7. The molecule has 1 aromatic rings. The number of Topliss-reactive ketones (excluding diaryl/α,β-unsaturated/α-hetero) is 1. The molecule has 0 bridgehead atoms. The molecule has 1 saturated heterocycles. The third-order valence-corrected chi connectivity index (χ3v) is 6.70. The number of carbonyl (C=O) groups is 5. The zero-order chi connectivity index (χ0) is 28.8. The van der Waals surface area contributed by atoms with E-state index in [0.29, 0.717) is 19.4 Å². The number of hydrogen-bond donors (Lipinski definition) is 4. The molecule has 0 spiro atoms. The summed E-state index contributed by atoms with van der Waals surface area (Å²) >= 11 is 0. The number of carbonyl (C=O) groups excluding carboxylic acids is 5. The van der Waals surface area contributed by atoms with Crippen LogP contribution in [0, 0.1) is 11.3 Å². The first-order valence-corrected chi connectivity index (χ1v) is 12.9. The van der Waals surface area contributed by atoms with E-state index in [1.807, 2.05) is 65.0 Å². The first kappa shape index (κ1) is 30.5. The molecule has 0 aromatic heterocycles. The van der Waals surface area contributed by atoms with Crippen LogP contribution in [0.25, 0.3) is 5.57 Å². The normalized spacial score (nSPS) is 17.8. The van der Waals surface area contributed by atoms with E-state index in [9.17, 15) is 24.0 Å². The second-order valence-electron chi connectivity index (χ2n) is 11.2. The number of urea groups is 1. The zero-order valence-electron chi connectivity index (χ0n) is 23.2. The van der Waals surface area contributed by atoms with Gasteiger partial charge >= 0.3 is 6.03 Å². The van der Waals surface area contributed by atoms with Gasteiger partial charge in [0.15, 0.2) is 0 Å². The first-order chi connectivity index (χ1) is 17.6. The third kappa shape index (κ3) is 7.66. The van der Waals surface area contributed by atoms with Gasteiger partial charge in [0, 0.05) is 6.54 Å². The van der Waals surface area contributed by atoms with Crippen molar-refractivity contribution in [3.05, 3.63) is 42.5 Å². The third-order valence-electron chi connectivity index (χ3n) is 6.70. The summed E-state index contributed by atoms with van der Waals surface area (Å²) in [4.78, 5) is 64.2. The Morgan fingerprint density at radius 3 is 2.13 bits per heavy atom. The SMILES string of the molecule is C=C(c1ccccc1)C(NC(=O)NC(C(=O)N1CCC[C@H]1C(=O)NC(C)C(=O)C(N)=O)C(C)(C)C)C(C)C. The van der Waals surface area contributed by atoms with Crippen LogP contribution in [0.2, 0.25) is 0 Å². The Balaban J connectivity index is 2.17. The van der Waals surface area contributed by atoms with Gasteiger partial charge in [0.25, 0.3) is 5.91 Å². The fourth-order valence-corrected chi connectivity index (χ4v) is 4.51. The molecule has 10 heteroatoms. The lowest BCUT2D eigenvalue weighted by atomic mass is 9.85. The van der Waals surface area contributed by atoms with Gasteiger partial charge in [-0.05, 0) is 42.2 Å². The lowest BCUT2D eigenvalue weighted by molar-refractivity contribution is -0.143. The van der Waals surface area contributed by atoms with E-state index in [4.69, 9.17) is 5.73 Å². The van der Waals surface area contributed by atoms with Gasteiger partial charge in [0.1, 0.15) is 12.1 Å². The van der Waals surface area contributed by atoms with Crippen molar-refractivity contribution in [2.75, 3.05) is 6.54 Å². The fraction of sp³-hybridized carbons (Fsp3) is 0.536. The van der Waals surface area contributed by atoms with Gasteiger partial charge in [0.05, 0.1) is 12.1 Å². The fourth-order valence-electron chi connectivity index (χ4n) is 4.51. The largest absolute Gasteiger partial charge is 0.363 e. The highest BCUT2D eigenvalue weighted by Crippen LogP contribution is 2.26. The Labute approximate surface area is 224 Å². The average molecular weight is 528 g/mol. The number of benzene rings is 1. The first-order valence-electron chi connectivity index (χ1n) is 12.9. The van der Waals surface area contributed by atoms with Gasteiger partial charge in [-0.1, -0.05) is 71.5 Å². The Kier molecular flexibility index (Phi) is 10.2. The van der Waals surface area contributed by atoms with Gasteiger partial charge in [-0.3, -0.25) is 19.2 Å². The summed E-state index contributed by atoms with van der Waals surface area (Å²) < 4.78 is 0. The van der Waals surface area contributed by atoms with Crippen LogP contribution in [0.15, 0.2) is 36.9 Å². The number of nitrogens with two attached hydrogens (primary N) is 1. The van der Waals surface area contributed by atoms with Gasteiger partial charge in [-0.15, -0.1) is 0 Å². The molecule has 2 rings (SSSR count). The van der Waals surface area contributed by atoms with Crippen molar-refractivity contribution < 1.29 is 24.0 Å². The van der Waals surface area contributed by atoms with E-state index in [0.717, 1.165) is 11.1 Å². The van der Waals surface area contributed by atoms with Crippen molar-refractivity contribution >= 4 is 35.1 Å². The quantitative estimate of drug-likeness (QED) is 0.343. The molecule has 0 saturated carbocycles. The van der Waals surface area contributed by atoms with Gasteiger partial charge in [-0.25, -0.2) is 4.79 Å². The number of hydrogen-bond acceptors (Lipinski definition) is 5. The van der Waals surface area contributed by atoms with Crippen molar-refractivity contribution in [2.24, 2.45) is 17.1 Å². The second kappa shape index (κ2) is 12.7. The van der Waals surface area contributed by atoms with Gasteiger partial charge in [-0.2, -0.15) is 0 Å². The monoisotopic (exact) mass is 527 g/mol. The minimum absolute atomic E-state index is 0.0361. The molecule has 38 heavy (non-hydrogen) atoms. The van der Waals surface area contributed by atoms with Crippen LogP contribution in [0.4, 0.5) is 4.79 Å². The van der Waals surface area contributed by atoms with Crippen LogP contribution >= 0.6 is 0 Å². The molecule has 10 nitrogen and oxygen atoms in total. The molecule has 1 fully saturated rings. The molecule has 1 heterocycles. The van der Waals surface area contributed by atoms with E-state index >= 15 is 0 Å². The Morgan fingerprint density at radius 1 is 1.00 bits per heavy atom. The molecule has 5 N–H and O–H groups in total. The van der Waals surface area contributed by atoms with Crippen LogP contribution in [0.3, 0.4) is 0 Å². The highest BCUT2D eigenvalue weighted by molar-refractivity contribution is 6.37. The summed E-state index contributed by atoms with van der Waals surface area (Å²) in [7, 11) is 0. The van der Waals surface area contributed by atoms with Crippen molar-refractivity contribution in [1.82, 2.24) is 20.9 Å². The molecule has 3 unspecified atom stereocenters. The number of nitrogens with one attached hydrogen (secondary N) is 3. The lowest BCUT2D eigenvalue weighted by Gasteiger charge is -2.36. The Hall–Kier alpha value is -3.69. The average Bonchev–Trinajstić information content (AvgIpc) is 3.34. The smallest absolute Gasteiger partial charge is 0.315 e. The number of rotatable bonds is 10. The molecule has 0 aliphatic carbocycles. The predicted octanol–water partition coefficient (Wildman–Crippen LogP) is 1.99. The predicted molar refractivity (Wildman–Crippen MR) is 146 cm³/mol. The number of amides is 5. The van der Waals surface area contributed by atoms with Crippen LogP contribution in [0.1, 0.15) is 59.9 Å². The maximum absolute atomic E-state index is 13.7. The molecular formula is C28H41N5O5. The second-order valence-corrected chi connectivity index (χ2v) is 11.2. The number of primary amides is 1. The molecule has 1 aliphatic heterocycles. The molecule has 0 radical (unpaired) electrons. The highest BCUT2D eigenvalue weighted by Gasteiger charge is 2.42. The maximum Gasteiger partial charge on any atom is 0.315 e. The summed E-state index contributed by atoms with van der Waals surface area (Å²) in [6.07, 6.45) is 0.974. The van der Waals surface area contributed by atoms with Crippen LogP contribution < -0.4 is 21.7 Å². The molecular weight excluding hydrogens is 486 g/mol. The van der Waals surface area contributed by atoms with Crippen molar-refractivity contribution in [3.63, 3.8) is 0 Å². The number of likely N-dealkylation sites (tertiary alicyclic amines) is 1. The molecule has 1 aliphatic rings. The summed E-state index contributed by atoms with van der Waals surface area (Å²) in [5.74, 6) is -2.98. The summed E-state index contributed by atoms with van der Waals surface area (Å²) in [5.41, 5.74) is 6.02. The van der Waals surface area contributed by atoms with Crippen molar-refractivity contribution in [2.45, 2.75) is 78.6 Å².